The number of aromatic nitrogens is 1. The summed E-state index contributed by atoms with van der Waals surface area (Å²) in [6.45, 7) is 3.96. The fourth-order valence-corrected chi connectivity index (χ4v) is 2.49. The summed E-state index contributed by atoms with van der Waals surface area (Å²) in [7, 11) is 2.90. The van der Waals surface area contributed by atoms with Gasteiger partial charge in [-0.3, -0.25) is 4.79 Å². The fraction of sp³-hybridized carbons (Fsp3) is 0.412. The Hall–Kier alpha value is -2.50. The predicted octanol–water partition coefficient (Wildman–Crippen LogP) is 2.49. The molecule has 0 aliphatic heterocycles. The Balaban J connectivity index is 2.23. The summed E-state index contributed by atoms with van der Waals surface area (Å²) < 4.78 is 10.0. The van der Waals surface area contributed by atoms with Crippen LogP contribution in [0.3, 0.4) is 0 Å². The first-order valence-corrected chi connectivity index (χ1v) is 7.50. The monoisotopic (exact) mass is 318 g/mol. The van der Waals surface area contributed by atoms with Crippen LogP contribution < -0.4 is 10.1 Å². The van der Waals surface area contributed by atoms with E-state index in [0.29, 0.717) is 17.9 Å². The number of ether oxygens (including phenoxy) is 2. The van der Waals surface area contributed by atoms with Crippen molar-refractivity contribution in [3.8, 4) is 5.75 Å². The van der Waals surface area contributed by atoms with Gasteiger partial charge in [0.25, 0.3) is 5.91 Å². The van der Waals surface area contributed by atoms with Crippen molar-refractivity contribution in [2.45, 2.75) is 26.3 Å². The number of carbonyl (C=O) groups is 2. The highest BCUT2D eigenvalue weighted by Gasteiger charge is 2.24. The molecule has 0 bridgehead atoms. The topological polar surface area (TPSA) is 80.4 Å². The van der Waals surface area contributed by atoms with Crippen LogP contribution in [-0.4, -0.2) is 37.1 Å². The lowest BCUT2D eigenvalue weighted by Crippen LogP contribution is -2.42. The smallest absolute Gasteiger partial charge is 0.328 e. The second kappa shape index (κ2) is 7.17. The van der Waals surface area contributed by atoms with E-state index in [9.17, 15) is 9.59 Å². The molecule has 2 rings (SSSR count). The van der Waals surface area contributed by atoms with Gasteiger partial charge in [-0.15, -0.1) is 0 Å². The molecule has 1 aromatic heterocycles. The second-order valence-corrected chi connectivity index (χ2v) is 5.78. The summed E-state index contributed by atoms with van der Waals surface area (Å²) in [5.74, 6) is 0.145. The Kier molecular flexibility index (Phi) is 5.26. The molecule has 6 heteroatoms. The molecular formula is C17H22N2O4. The van der Waals surface area contributed by atoms with Gasteiger partial charge in [-0.05, 0) is 30.5 Å². The van der Waals surface area contributed by atoms with Gasteiger partial charge < -0.3 is 19.8 Å². The highest BCUT2D eigenvalue weighted by molar-refractivity contribution is 6.01. The lowest BCUT2D eigenvalue weighted by atomic mass is 10.0. The summed E-state index contributed by atoms with van der Waals surface area (Å²) in [5.41, 5.74) is 1.18. The van der Waals surface area contributed by atoms with E-state index in [4.69, 9.17) is 9.47 Å². The van der Waals surface area contributed by atoms with E-state index >= 15 is 0 Å². The summed E-state index contributed by atoms with van der Waals surface area (Å²) in [5, 5.41) is 3.55. The van der Waals surface area contributed by atoms with Crippen molar-refractivity contribution in [3.05, 3.63) is 30.0 Å². The van der Waals surface area contributed by atoms with Gasteiger partial charge in [0.2, 0.25) is 0 Å². The van der Waals surface area contributed by atoms with Crippen LogP contribution in [0.1, 0.15) is 30.8 Å². The normalized spacial score (nSPS) is 12.2. The van der Waals surface area contributed by atoms with Crippen LogP contribution in [0.5, 0.6) is 5.75 Å². The average Bonchev–Trinajstić information content (AvgIpc) is 2.97. The second-order valence-electron chi connectivity index (χ2n) is 5.78. The van der Waals surface area contributed by atoms with Gasteiger partial charge >= 0.3 is 5.97 Å². The molecule has 1 amide bonds. The minimum absolute atomic E-state index is 0.252. The van der Waals surface area contributed by atoms with Crippen molar-refractivity contribution in [3.63, 3.8) is 0 Å². The number of methoxy groups -OCH3 is 2. The van der Waals surface area contributed by atoms with E-state index in [0.717, 1.165) is 10.9 Å². The Morgan fingerprint density at radius 3 is 2.61 bits per heavy atom. The molecule has 0 saturated carbocycles. The van der Waals surface area contributed by atoms with Crippen molar-refractivity contribution >= 4 is 22.8 Å². The number of nitrogens with one attached hydrogen (secondary N) is 2. The van der Waals surface area contributed by atoms with E-state index in [1.165, 1.54) is 7.11 Å². The molecule has 1 atom stereocenters. The zero-order valence-corrected chi connectivity index (χ0v) is 13.8. The van der Waals surface area contributed by atoms with E-state index < -0.39 is 12.0 Å². The van der Waals surface area contributed by atoms with Crippen molar-refractivity contribution in [1.82, 2.24) is 10.3 Å². The Labute approximate surface area is 135 Å². The number of hydrogen-bond acceptors (Lipinski definition) is 4. The zero-order valence-electron chi connectivity index (χ0n) is 13.8. The molecule has 2 aromatic rings. The van der Waals surface area contributed by atoms with Crippen LogP contribution in [0, 0.1) is 5.92 Å². The molecule has 23 heavy (non-hydrogen) atoms. The summed E-state index contributed by atoms with van der Waals surface area (Å²) in [4.78, 5) is 27.3. The van der Waals surface area contributed by atoms with Crippen molar-refractivity contribution < 1.29 is 19.1 Å². The number of benzene rings is 1. The van der Waals surface area contributed by atoms with Gasteiger partial charge in [-0.1, -0.05) is 19.9 Å². The van der Waals surface area contributed by atoms with E-state index in [-0.39, 0.29) is 11.8 Å². The van der Waals surface area contributed by atoms with Crippen LogP contribution in [0.15, 0.2) is 24.3 Å². The summed E-state index contributed by atoms with van der Waals surface area (Å²) in [6.07, 6.45) is 0.516. The number of carbonyl (C=O) groups excluding carboxylic acids is 2. The fourth-order valence-electron chi connectivity index (χ4n) is 2.49. The molecule has 0 fully saturated rings. The number of rotatable bonds is 6. The van der Waals surface area contributed by atoms with Gasteiger partial charge in [0.15, 0.2) is 0 Å². The maximum atomic E-state index is 12.4. The van der Waals surface area contributed by atoms with Gasteiger partial charge in [0.1, 0.15) is 17.5 Å². The third-order valence-corrected chi connectivity index (χ3v) is 3.59. The molecule has 6 nitrogen and oxygen atoms in total. The number of fused-ring (bicyclic) bond motifs is 1. The van der Waals surface area contributed by atoms with Crippen LogP contribution in [0.2, 0.25) is 0 Å². The number of aromatic amines is 1. The van der Waals surface area contributed by atoms with Crippen LogP contribution >= 0.6 is 0 Å². The summed E-state index contributed by atoms with van der Waals surface area (Å²) in [6, 6.07) is 6.58. The van der Waals surface area contributed by atoms with Gasteiger partial charge in [0, 0.05) is 10.9 Å². The lowest BCUT2D eigenvalue weighted by Gasteiger charge is -2.17. The van der Waals surface area contributed by atoms with Crippen LogP contribution in [0.4, 0.5) is 0 Å². The van der Waals surface area contributed by atoms with Crippen molar-refractivity contribution in [2.24, 2.45) is 5.92 Å². The van der Waals surface area contributed by atoms with E-state index in [1.54, 1.807) is 13.2 Å². The Bertz CT molecular complexity index is 706. The number of esters is 1. The number of hydrogen-bond donors (Lipinski definition) is 2. The Morgan fingerprint density at radius 1 is 1.26 bits per heavy atom. The van der Waals surface area contributed by atoms with Crippen molar-refractivity contribution in [1.29, 1.82) is 0 Å². The zero-order chi connectivity index (χ0) is 17.0. The van der Waals surface area contributed by atoms with Gasteiger partial charge in [0.05, 0.1) is 14.2 Å². The standard InChI is InChI=1S/C17H22N2O4/c1-10(2)8-14(17(21)23-4)19-16(20)13-9-11-12(18-13)6-5-7-15(11)22-3/h5-7,9-10,14,18H,8H2,1-4H3,(H,19,20)/t14-/m0/s1. The predicted molar refractivity (Wildman–Crippen MR) is 87.6 cm³/mol. The molecule has 0 aliphatic carbocycles. The Morgan fingerprint density at radius 2 is 2.00 bits per heavy atom. The number of H-pyrrole nitrogens is 1. The minimum Gasteiger partial charge on any atom is -0.496 e. The highest BCUT2D eigenvalue weighted by Crippen LogP contribution is 2.26. The maximum Gasteiger partial charge on any atom is 0.328 e. The average molecular weight is 318 g/mol. The molecular weight excluding hydrogens is 296 g/mol. The van der Waals surface area contributed by atoms with E-state index in [2.05, 4.69) is 10.3 Å². The van der Waals surface area contributed by atoms with Crippen LogP contribution in [0.25, 0.3) is 10.9 Å². The molecule has 1 heterocycles. The first-order valence-electron chi connectivity index (χ1n) is 7.50. The lowest BCUT2D eigenvalue weighted by molar-refractivity contribution is -0.143. The molecule has 2 N–H and O–H groups in total. The van der Waals surface area contributed by atoms with Crippen molar-refractivity contribution in [2.75, 3.05) is 14.2 Å². The number of amides is 1. The molecule has 0 saturated heterocycles. The summed E-state index contributed by atoms with van der Waals surface area (Å²) >= 11 is 0. The minimum atomic E-state index is -0.666. The molecule has 0 radical (unpaired) electrons. The molecule has 124 valence electrons. The molecule has 1 aromatic carbocycles. The SMILES string of the molecule is COC(=O)[C@H](CC(C)C)NC(=O)c1cc2c(OC)cccc2[nH]1. The largest absolute Gasteiger partial charge is 0.496 e. The molecule has 0 spiro atoms. The molecule has 0 unspecified atom stereocenters. The first kappa shape index (κ1) is 16.9. The van der Waals surface area contributed by atoms with E-state index in [1.807, 2.05) is 32.0 Å². The third kappa shape index (κ3) is 3.83. The third-order valence-electron chi connectivity index (χ3n) is 3.59. The molecule has 0 aliphatic rings. The first-order chi connectivity index (χ1) is 11.0. The quantitative estimate of drug-likeness (QED) is 0.802. The van der Waals surface area contributed by atoms with Gasteiger partial charge in [-0.25, -0.2) is 4.79 Å². The van der Waals surface area contributed by atoms with Gasteiger partial charge in [-0.2, -0.15) is 0 Å². The maximum absolute atomic E-state index is 12.4. The van der Waals surface area contributed by atoms with Crippen LogP contribution in [-0.2, 0) is 9.53 Å². The highest BCUT2D eigenvalue weighted by atomic mass is 16.5.